The van der Waals surface area contributed by atoms with Gasteiger partial charge < -0.3 is 24.1 Å². The molecule has 2 fully saturated rings. The maximum absolute atomic E-state index is 5.97. The van der Waals surface area contributed by atoms with Crippen LogP contribution in [-0.2, 0) is 10.2 Å². The van der Waals surface area contributed by atoms with Crippen molar-refractivity contribution in [1.82, 2.24) is 15.5 Å². The maximum Gasteiger partial charge on any atom is 0.236 e. The second kappa shape index (κ2) is 5.46. The highest BCUT2D eigenvalue weighted by atomic mass is 16.6. The van der Waals surface area contributed by atoms with Crippen LogP contribution in [0.2, 0.25) is 0 Å². The second-order valence-electron chi connectivity index (χ2n) is 6.65. The largest absolute Gasteiger partial charge is 0.485 e. The number of benzene rings is 1. The van der Waals surface area contributed by atoms with Crippen LogP contribution < -0.4 is 14.8 Å². The quantitative estimate of drug-likeness (QED) is 0.893. The van der Waals surface area contributed by atoms with Crippen LogP contribution in [0.25, 0.3) is 0 Å². The summed E-state index contributed by atoms with van der Waals surface area (Å²) in [6.45, 7) is 3.57. The van der Waals surface area contributed by atoms with E-state index in [9.17, 15) is 0 Å². The molecule has 0 amide bonds. The fraction of sp³-hybridized carbons (Fsp3) is 0.529. The first-order valence-electron chi connectivity index (χ1n) is 8.36. The predicted octanol–water partition coefficient (Wildman–Crippen LogP) is 1.46. The lowest BCUT2D eigenvalue weighted by Crippen LogP contribution is -2.44. The smallest absolute Gasteiger partial charge is 0.236 e. The summed E-state index contributed by atoms with van der Waals surface area (Å²) in [5.41, 5.74) is -0.211. The highest BCUT2D eigenvalue weighted by Gasteiger charge is 2.51. The zero-order valence-corrected chi connectivity index (χ0v) is 13.2. The number of hydrogen-bond donors (Lipinski definition) is 1. The van der Waals surface area contributed by atoms with E-state index < -0.39 is 0 Å². The van der Waals surface area contributed by atoms with Crippen LogP contribution >= 0.6 is 0 Å². The van der Waals surface area contributed by atoms with Crippen molar-refractivity contribution in [3.05, 3.63) is 36.0 Å². The molecule has 0 bridgehead atoms. The van der Waals surface area contributed by atoms with Crippen LogP contribution in [0.3, 0.4) is 0 Å². The fourth-order valence-electron chi connectivity index (χ4n) is 3.86. The molecule has 7 heteroatoms. The van der Waals surface area contributed by atoms with Gasteiger partial charge in [-0.3, -0.25) is 0 Å². The Kier molecular flexibility index (Phi) is 3.24. The third kappa shape index (κ3) is 2.12. The molecule has 0 saturated carbocycles. The lowest BCUT2D eigenvalue weighted by atomic mass is 9.75. The van der Waals surface area contributed by atoms with E-state index in [-0.39, 0.29) is 11.5 Å². The van der Waals surface area contributed by atoms with Gasteiger partial charge in [0.25, 0.3) is 0 Å². The van der Waals surface area contributed by atoms with Crippen molar-refractivity contribution >= 4 is 0 Å². The molecule has 5 rings (SSSR count). The summed E-state index contributed by atoms with van der Waals surface area (Å²) in [5, 5.41) is 7.61. The minimum atomic E-state index is -0.355. The van der Waals surface area contributed by atoms with Crippen LogP contribution in [0.1, 0.15) is 24.2 Å². The zero-order valence-electron chi connectivity index (χ0n) is 13.2. The van der Waals surface area contributed by atoms with Gasteiger partial charge in [0.1, 0.15) is 6.61 Å². The molecule has 7 nitrogen and oxygen atoms in total. The Morgan fingerprint density at radius 3 is 3.08 bits per heavy atom. The zero-order chi connectivity index (χ0) is 16.0. The Balaban J connectivity index is 1.42. The van der Waals surface area contributed by atoms with Gasteiger partial charge in [-0.15, -0.1) is 0 Å². The molecule has 3 atom stereocenters. The van der Waals surface area contributed by atoms with Gasteiger partial charge in [0.2, 0.25) is 11.7 Å². The maximum atomic E-state index is 5.97. The molecule has 2 saturated heterocycles. The van der Waals surface area contributed by atoms with E-state index >= 15 is 0 Å². The molecule has 1 N–H and O–H groups in total. The van der Waals surface area contributed by atoms with Crippen molar-refractivity contribution < 1.29 is 18.7 Å². The van der Waals surface area contributed by atoms with E-state index in [2.05, 4.69) is 15.5 Å². The topological polar surface area (TPSA) is 78.6 Å². The van der Waals surface area contributed by atoms with Crippen molar-refractivity contribution in [3.63, 3.8) is 0 Å². The fourth-order valence-corrected chi connectivity index (χ4v) is 3.86. The molecule has 1 aromatic heterocycles. The van der Waals surface area contributed by atoms with E-state index in [1.54, 1.807) is 0 Å². The highest BCUT2D eigenvalue weighted by molar-refractivity contribution is 5.41. The van der Waals surface area contributed by atoms with E-state index in [1.165, 1.54) is 0 Å². The van der Waals surface area contributed by atoms with Gasteiger partial charge >= 0.3 is 0 Å². The molecule has 4 heterocycles. The number of nitrogens with zero attached hydrogens (tertiary/aromatic N) is 2. The van der Waals surface area contributed by atoms with Crippen molar-refractivity contribution in [3.8, 4) is 11.5 Å². The first-order valence-corrected chi connectivity index (χ1v) is 8.36. The molecule has 0 radical (unpaired) electrons. The van der Waals surface area contributed by atoms with E-state index in [4.69, 9.17) is 18.7 Å². The average molecular weight is 329 g/mol. The highest BCUT2D eigenvalue weighted by Crippen LogP contribution is 2.41. The SMILES string of the molecule is c1ccc2c(c1)OCC(c1noc([C@]34CNC[C@H]3CCOC4)n1)O2. The predicted molar refractivity (Wildman–Crippen MR) is 83.1 cm³/mol. The molecule has 2 aromatic rings. The van der Waals surface area contributed by atoms with Crippen molar-refractivity contribution in [2.45, 2.75) is 17.9 Å². The standard InChI is InChI=1S/C17H19N3O4/c1-2-4-13-12(3-1)22-8-14(23-13)15-19-16(24-20-15)17-9-18-7-11(17)5-6-21-10-17/h1-4,11,14,18H,5-10H2/t11-,14?,17+/m1/s1. The van der Waals surface area contributed by atoms with Crippen LogP contribution in [0.5, 0.6) is 11.5 Å². The summed E-state index contributed by atoms with van der Waals surface area (Å²) >= 11 is 0. The number of para-hydroxylation sites is 2. The Morgan fingerprint density at radius 1 is 1.21 bits per heavy atom. The molecule has 24 heavy (non-hydrogen) atoms. The summed E-state index contributed by atoms with van der Waals surface area (Å²) < 4.78 is 23.1. The van der Waals surface area contributed by atoms with E-state index in [0.29, 0.717) is 36.6 Å². The van der Waals surface area contributed by atoms with Gasteiger partial charge in [-0.2, -0.15) is 4.98 Å². The number of rotatable bonds is 2. The Hall–Kier alpha value is -2.12. The normalized spacial score (nSPS) is 31.7. The summed E-state index contributed by atoms with van der Waals surface area (Å²) in [7, 11) is 0. The van der Waals surface area contributed by atoms with Gasteiger partial charge in [0, 0.05) is 13.2 Å². The van der Waals surface area contributed by atoms with Crippen molar-refractivity contribution in [2.75, 3.05) is 32.9 Å². The second-order valence-corrected chi connectivity index (χ2v) is 6.65. The van der Waals surface area contributed by atoms with Gasteiger partial charge in [0.05, 0.1) is 12.0 Å². The van der Waals surface area contributed by atoms with Crippen LogP contribution in [0.4, 0.5) is 0 Å². The first kappa shape index (κ1) is 14.2. The number of hydrogen-bond acceptors (Lipinski definition) is 7. The molecule has 1 unspecified atom stereocenters. The number of nitrogens with one attached hydrogen (secondary N) is 1. The monoisotopic (exact) mass is 329 g/mol. The minimum Gasteiger partial charge on any atom is -0.485 e. The molecule has 3 aliphatic heterocycles. The third-order valence-electron chi connectivity index (χ3n) is 5.25. The lowest BCUT2D eigenvalue weighted by molar-refractivity contribution is 0.00198. The van der Waals surface area contributed by atoms with Gasteiger partial charge in [0.15, 0.2) is 17.6 Å². The average Bonchev–Trinajstić information content (AvgIpc) is 3.29. The summed E-state index contributed by atoms with van der Waals surface area (Å²) in [6, 6.07) is 7.61. The third-order valence-corrected chi connectivity index (χ3v) is 5.25. The molecule has 126 valence electrons. The van der Waals surface area contributed by atoms with Gasteiger partial charge in [-0.1, -0.05) is 17.3 Å². The van der Waals surface area contributed by atoms with E-state index in [0.717, 1.165) is 31.9 Å². The molecule has 0 aliphatic carbocycles. The molecular weight excluding hydrogens is 310 g/mol. The summed E-state index contributed by atoms with van der Waals surface area (Å²) in [5.74, 6) is 3.11. The molecule has 0 spiro atoms. The number of fused-ring (bicyclic) bond motifs is 2. The number of ether oxygens (including phenoxy) is 3. The lowest BCUT2D eigenvalue weighted by Gasteiger charge is -2.34. The van der Waals surface area contributed by atoms with Crippen molar-refractivity contribution in [2.24, 2.45) is 5.92 Å². The van der Waals surface area contributed by atoms with Gasteiger partial charge in [-0.25, -0.2) is 0 Å². The molecule has 1 aromatic carbocycles. The van der Waals surface area contributed by atoms with Crippen LogP contribution in [0.15, 0.2) is 28.8 Å². The number of aromatic nitrogens is 2. The molecular formula is C17H19N3O4. The van der Waals surface area contributed by atoms with E-state index in [1.807, 2.05) is 24.3 Å². The Labute approximate surface area is 139 Å². The van der Waals surface area contributed by atoms with Crippen molar-refractivity contribution in [1.29, 1.82) is 0 Å². The van der Waals surface area contributed by atoms with Gasteiger partial charge in [-0.05, 0) is 31.0 Å². The first-order chi connectivity index (χ1) is 11.9. The van der Waals surface area contributed by atoms with Crippen LogP contribution in [-0.4, -0.2) is 43.1 Å². The summed E-state index contributed by atoms with van der Waals surface area (Å²) in [6.07, 6.45) is 0.660. The minimum absolute atomic E-state index is 0.211. The molecule has 3 aliphatic rings. The van der Waals surface area contributed by atoms with Crippen LogP contribution in [0, 0.1) is 5.92 Å². The summed E-state index contributed by atoms with van der Waals surface area (Å²) in [4.78, 5) is 4.66. The Morgan fingerprint density at radius 2 is 2.12 bits per heavy atom. The Bertz CT molecular complexity index is 749.